The number of pyridine rings is 1. The van der Waals surface area contributed by atoms with Crippen LogP contribution in [-0.4, -0.2) is 11.5 Å². The van der Waals surface area contributed by atoms with E-state index in [9.17, 15) is 0 Å². The number of nitrogens with one attached hydrogen (secondary N) is 1. The van der Waals surface area contributed by atoms with Crippen LogP contribution >= 0.6 is 11.3 Å². The summed E-state index contributed by atoms with van der Waals surface area (Å²) in [5.74, 6) is 0. The van der Waals surface area contributed by atoms with Crippen LogP contribution in [-0.2, 0) is 6.42 Å². The predicted molar refractivity (Wildman–Crippen MR) is 82.6 cm³/mol. The summed E-state index contributed by atoms with van der Waals surface area (Å²) in [4.78, 5) is 5.79. The Kier molecular flexibility index (Phi) is 5.55. The number of hydrogen-bond acceptors (Lipinski definition) is 3. The summed E-state index contributed by atoms with van der Waals surface area (Å²) in [7, 11) is 0. The molecule has 3 heteroatoms. The highest BCUT2D eigenvalue weighted by Gasteiger charge is 2.10. The van der Waals surface area contributed by atoms with Gasteiger partial charge < -0.3 is 5.32 Å². The first-order chi connectivity index (χ1) is 9.29. The van der Waals surface area contributed by atoms with Gasteiger partial charge in [0.05, 0.1) is 0 Å². The van der Waals surface area contributed by atoms with Gasteiger partial charge in [0.2, 0.25) is 0 Å². The van der Waals surface area contributed by atoms with Gasteiger partial charge in [-0.1, -0.05) is 19.1 Å². The van der Waals surface area contributed by atoms with Crippen molar-refractivity contribution in [2.75, 3.05) is 6.54 Å². The molecule has 1 unspecified atom stereocenters. The smallest absolute Gasteiger partial charge is 0.0335 e. The molecule has 19 heavy (non-hydrogen) atoms. The van der Waals surface area contributed by atoms with E-state index >= 15 is 0 Å². The van der Waals surface area contributed by atoms with Gasteiger partial charge in [0.25, 0.3) is 0 Å². The number of nitrogens with zero attached hydrogens (tertiary/aromatic N) is 1. The Bertz CT molecular complexity index is 479. The highest BCUT2D eigenvalue weighted by Crippen LogP contribution is 2.21. The van der Waals surface area contributed by atoms with E-state index in [0.717, 1.165) is 13.0 Å². The summed E-state index contributed by atoms with van der Waals surface area (Å²) < 4.78 is 0. The van der Waals surface area contributed by atoms with Gasteiger partial charge in [-0.15, -0.1) is 11.3 Å². The summed E-state index contributed by atoms with van der Waals surface area (Å²) in [6.45, 7) is 5.26. The number of aryl methyl sites for hydroxylation is 2. The molecule has 0 bridgehead atoms. The van der Waals surface area contributed by atoms with Gasteiger partial charge in [-0.25, -0.2) is 0 Å². The van der Waals surface area contributed by atoms with E-state index in [1.807, 2.05) is 23.7 Å². The van der Waals surface area contributed by atoms with Crippen LogP contribution in [0.3, 0.4) is 0 Å². The fourth-order valence-corrected chi connectivity index (χ4v) is 3.09. The third kappa shape index (κ3) is 4.44. The molecule has 1 N–H and O–H groups in total. The molecule has 0 aliphatic rings. The van der Waals surface area contributed by atoms with E-state index in [0.29, 0.717) is 6.04 Å². The minimum atomic E-state index is 0.428. The van der Waals surface area contributed by atoms with Gasteiger partial charge in [-0.05, 0) is 55.3 Å². The molecule has 0 saturated carbocycles. The second-order valence-electron chi connectivity index (χ2n) is 4.88. The Morgan fingerprint density at radius 2 is 2.26 bits per heavy atom. The summed E-state index contributed by atoms with van der Waals surface area (Å²) in [6, 6.07) is 7.02. The quantitative estimate of drug-likeness (QED) is 0.821. The molecular formula is C16H22N2S. The average molecular weight is 274 g/mol. The Labute approximate surface area is 119 Å². The zero-order valence-corrected chi connectivity index (χ0v) is 12.5. The zero-order chi connectivity index (χ0) is 13.5. The van der Waals surface area contributed by atoms with Gasteiger partial charge in [0, 0.05) is 23.3 Å². The van der Waals surface area contributed by atoms with Crippen LogP contribution in [0.1, 0.15) is 41.8 Å². The van der Waals surface area contributed by atoms with E-state index in [2.05, 4.69) is 47.7 Å². The lowest BCUT2D eigenvalue weighted by atomic mass is 10.0. The Morgan fingerprint density at radius 3 is 2.95 bits per heavy atom. The first-order valence-corrected chi connectivity index (χ1v) is 7.85. The van der Waals surface area contributed by atoms with Crippen LogP contribution in [0.25, 0.3) is 0 Å². The molecule has 102 valence electrons. The van der Waals surface area contributed by atoms with Crippen molar-refractivity contribution in [2.24, 2.45) is 0 Å². The third-order valence-corrected chi connectivity index (χ3v) is 4.18. The average Bonchev–Trinajstić information content (AvgIpc) is 2.91. The van der Waals surface area contributed by atoms with Crippen molar-refractivity contribution in [1.29, 1.82) is 0 Å². The summed E-state index contributed by atoms with van der Waals surface area (Å²) >= 11 is 1.85. The molecule has 0 aliphatic heterocycles. The maximum Gasteiger partial charge on any atom is 0.0335 e. The molecule has 2 nitrogen and oxygen atoms in total. The number of rotatable bonds is 7. The highest BCUT2D eigenvalue weighted by molar-refractivity contribution is 7.09. The number of aromatic nitrogens is 1. The molecule has 2 aromatic heterocycles. The van der Waals surface area contributed by atoms with E-state index in [4.69, 9.17) is 0 Å². The van der Waals surface area contributed by atoms with Crippen LogP contribution in [0.4, 0.5) is 0 Å². The molecule has 1 atom stereocenters. The summed E-state index contributed by atoms with van der Waals surface area (Å²) in [5, 5.41) is 5.72. The maximum atomic E-state index is 4.31. The molecule has 2 heterocycles. The summed E-state index contributed by atoms with van der Waals surface area (Å²) in [5.41, 5.74) is 2.55. The second kappa shape index (κ2) is 7.41. The van der Waals surface area contributed by atoms with Crippen molar-refractivity contribution in [3.8, 4) is 0 Å². The molecule has 2 rings (SSSR count). The molecule has 0 radical (unpaired) electrons. The lowest BCUT2D eigenvalue weighted by Gasteiger charge is -2.18. The standard InChI is InChI=1S/C16H22N2S/c1-3-18-16(14-10-13(2)11-17-12-14)8-4-6-15-7-5-9-19-15/h5,7,9-12,16,18H,3-4,6,8H2,1-2H3. The second-order valence-corrected chi connectivity index (χ2v) is 5.91. The SMILES string of the molecule is CCNC(CCCc1cccs1)c1cncc(C)c1. The van der Waals surface area contributed by atoms with Crippen molar-refractivity contribution < 1.29 is 0 Å². The predicted octanol–water partition coefficient (Wildman–Crippen LogP) is 4.13. The Balaban J connectivity index is 1.92. The third-order valence-electron chi connectivity index (χ3n) is 3.25. The molecule has 0 spiro atoms. The van der Waals surface area contributed by atoms with Crippen molar-refractivity contribution in [1.82, 2.24) is 10.3 Å². The van der Waals surface area contributed by atoms with Gasteiger partial charge in [-0.3, -0.25) is 4.98 Å². The zero-order valence-electron chi connectivity index (χ0n) is 11.7. The van der Waals surface area contributed by atoms with Crippen molar-refractivity contribution in [3.05, 3.63) is 52.0 Å². The van der Waals surface area contributed by atoms with Crippen LogP contribution in [0.15, 0.2) is 36.0 Å². The Hall–Kier alpha value is -1.19. The van der Waals surface area contributed by atoms with Crippen LogP contribution in [0.5, 0.6) is 0 Å². The van der Waals surface area contributed by atoms with Gasteiger partial charge in [0.1, 0.15) is 0 Å². The Morgan fingerprint density at radius 1 is 1.37 bits per heavy atom. The molecule has 0 aliphatic carbocycles. The molecule has 0 amide bonds. The molecule has 0 fully saturated rings. The lowest BCUT2D eigenvalue weighted by molar-refractivity contribution is 0.497. The van der Waals surface area contributed by atoms with Crippen molar-refractivity contribution in [2.45, 2.75) is 39.2 Å². The molecule has 0 saturated heterocycles. The minimum Gasteiger partial charge on any atom is -0.310 e. The number of thiophene rings is 1. The fourth-order valence-electron chi connectivity index (χ4n) is 2.34. The van der Waals surface area contributed by atoms with Crippen molar-refractivity contribution >= 4 is 11.3 Å². The van der Waals surface area contributed by atoms with Crippen molar-refractivity contribution in [3.63, 3.8) is 0 Å². The van der Waals surface area contributed by atoms with Gasteiger partial charge in [0.15, 0.2) is 0 Å². The van der Waals surface area contributed by atoms with Crippen LogP contribution in [0, 0.1) is 6.92 Å². The van der Waals surface area contributed by atoms with E-state index in [1.54, 1.807) is 0 Å². The van der Waals surface area contributed by atoms with Gasteiger partial charge >= 0.3 is 0 Å². The molecule has 2 aromatic rings. The topological polar surface area (TPSA) is 24.9 Å². The normalized spacial score (nSPS) is 12.5. The lowest BCUT2D eigenvalue weighted by Crippen LogP contribution is -2.21. The van der Waals surface area contributed by atoms with Crippen LogP contribution in [0.2, 0.25) is 0 Å². The highest BCUT2D eigenvalue weighted by atomic mass is 32.1. The first-order valence-electron chi connectivity index (χ1n) is 6.97. The maximum absolute atomic E-state index is 4.31. The molecule has 0 aromatic carbocycles. The minimum absolute atomic E-state index is 0.428. The van der Waals surface area contributed by atoms with E-state index in [-0.39, 0.29) is 0 Å². The van der Waals surface area contributed by atoms with E-state index in [1.165, 1.54) is 28.8 Å². The first kappa shape index (κ1) is 14.2. The van der Waals surface area contributed by atoms with Gasteiger partial charge in [-0.2, -0.15) is 0 Å². The monoisotopic (exact) mass is 274 g/mol. The van der Waals surface area contributed by atoms with E-state index < -0.39 is 0 Å². The summed E-state index contributed by atoms with van der Waals surface area (Å²) in [6.07, 6.45) is 7.46. The fraction of sp³-hybridized carbons (Fsp3) is 0.438. The largest absolute Gasteiger partial charge is 0.310 e. The van der Waals surface area contributed by atoms with Crippen LogP contribution < -0.4 is 5.32 Å². The molecular weight excluding hydrogens is 252 g/mol. The number of hydrogen-bond donors (Lipinski definition) is 1.